The molecule has 0 spiro atoms. The fourth-order valence-corrected chi connectivity index (χ4v) is 0.668. The van der Waals surface area contributed by atoms with Crippen LogP contribution in [-0.4, -0.2) is 19.0 Å². The van der Waals surface area contributed by atoms with E-state index in [-0.39, 0.29) is 0 Å². The van der Waals surface area contributed by atoms with E-state index in [1.807, 2.05) is 32.8 Å². The zero-order valence-corrected chi connectivity index (χ0v) is 7.79. The molecule has 0 aliphatic rings. The first-order valence-corrected chi connectivity index (χ1v) is 3.54. The van der Waals surface area contributed by atoms with Crippen molar-refractivity contribution >= 4 is 11.6 Å². The molecular formula is C8H14ClN. The number of halogens is 1. The minimum absolute atomic E-state index is 0.617. The van der Waals surface area contributed by atoms with Crippen LogP contribution in [-0.2, 0) is 0 Å². The maximum absolute atomic E-state index is 5.69. The van der Waals surface area contributed by atoms with Crippen molar-refractivity contribution in [1.29, 1.82) is 0 Å². The van der Waals surface area contributed by atoms with Gasteiger partial charge in [-0.05, 0) is 19.4 Å². The molecule has 0 fully saturated rings. The maximum Gasteiger partial charge on any atom is 0.0380 e. The van der Waals surface area contributed by atoms with Crippen LogP contribution < -0.4 is 0 Å². The molecule has 0 saturated heterocycles. The summed E-state index contributed by atoms with van der Waals surface area (Å²) in [5.41, 5.74) is 2.20. The lowest BCUT2D eigenvalue weighted by atomic mass is 10.2. The zero-order valence-electron chi connectivity index (χ0n) is 7.03. The highest BCUT2D eigenvalue weighted by molar-refractivity contribution is 6.31. The Morgan fingerprint density at radius 3 is 1.80 bits per heavy atom. The van der Waals surface area contributed by atoms with Crippen LogP contribution in [0.1, 0.15) is 13.8 Å². The lowest BCUT2D eigenvalue weighted by molar-refractivity contribution is 0.508. The molecule has 0 N–H and O–H groups in total. The Morgan fingerprint density at radius 1 is 1.30 bits per heavy atom. The minimum Gasteiger partial charge on any atom is -0.381 e. The summed E-state index contributed by atoms with van der Waals surface area (Å²) in [4.78, 5) is 2.02. The molecule has 0 amide bonds. The summed E-state index contributed by atoms with van der Waals surface area (Å²) in [6.45, 7) is 7.62. The third-order valence-corrected chi connectivity index (χ3v) is 1.90. The van der Waals surface area contributed by atoms with Crippen LogP contribution in [0.15, 0.2) is 22.9 Å². The van der Waals surface area contributed by atoms with E-state index in [9.17, 15) is 0 Å². The monoisotopic (exact) mass is 159 g/mol. The van der Waals surface area contributed by atoms with Crippen molar-refractivity contribution in [2.24, 2.45) is 0 Å². The van der Waals surface area contributed by atoms with Crippen molar-refractivity contribution in [3.8, 4) is 0 Å². The lowest BCUT2D eigenvalue weighted by Gasteiger charge is -2.15. The molecule has 0 aromatic heterocycles. The fourth-order valence-electron chi connectivity index (χ4n) is 0.532. The van der Waals surface area contributed by atoms with Gasteiger partial charge in [-0.25, -0.2) is 0 Å². The van der Waals surface area contributed by atoms with E-state index in [0.29, 0.717) is 5.03 Å². The number of allylic oxidation sites excluding steroid dienone is 3. The Hall–Kier alpha value is -0.430. The SMILES string of the molecule is C=C(Cl)/C(C)=C(/C)N(C)C. The molecule has 0 heterocycles. The molecule has 58 valence electrons. The summed E-state index contributed by atoms with van der Waals surface area (Å²) >= 11 is 5.69. The molecule has 0 unspecified atom stereocenters. The quantitative estimate of drug-likeness (QED) is 0.560. The minimum atomic E-state index is 0.617. The number of rotatable bonds is 2. The van der Waals surface area contributed by atoms with Gasteiger partial charge in [-0.2, -0.15) is 0 Å². The summed E-state index contributed by atoms with van der Waals surface area (Å²) in [5, 5.41) is 0.617. The molecule has 0 atom stereocenters. The van der Waals surface area contributed by atoms with Crippen LogP contribution in [0.2, 0.25) is 0 Å². The summed E-state index contributed by atoms with van der Waals surface area (Å²) in [5.74, 6) is 0. The molecule has 0 rings (SSSR count). The number of hydrogen-bond donors (Lipinski definition) is 0. The fraction of sp³-hybridized carbons (Fsp3) is 0.500. The van der Waals surface area contributed by atoms with Gasteiger partial charge in [0, 0.05) is 24.8 Å². The highest BCUT2D eigenvalue weighted by Crippen LogP contribution is 2.16. The molecule has 0 aliphatic carbocycles. The molecule has 10 heavy (non-hydrogen) atoms. The van der Waals surface area contributed by atoms with Gasteiger partial charge < -0.3 is 4.90 Å². The van der Waals surface area contributed by atoms with E-state index in [0.717, 1.165) is 11.3 Å². The van der Waals surface area contributed by atoms with Crippen molar-refractivity contribution in [3.05, 3.63) is 22.9 Å². The normalized spacial score (nSPS) is 12.5. The molecule has 0 saturated carbocycles. The van der Waals surface area contributed by atoms with Gasteiger partial charge in [-0.1, -0.05) is 18.2 Å². The smallest absolute Gasteiger partial charge is 0.0380 e. The van der Waals surface area contributed by atoms with Gasteiger partial charge in [-0.15, -0.1) is 0 Å². The van der Waals surface area contributed by atoms with E-state index in [4.69, 9.17) is 11.6 Å². The Morgan fingerprint density at radius 2 is 1.70 bits per heavy atom. The maximum atomic E-state index is 5.69. The molecule has 0 aliphatic heterocycles. The third-order valence-electron chi connectivity index (χ3n) is 1.62. The molecular weight excluding hydrogens is 146 g/mol. The average Bonchev–Trinajstić information content (AvgIpc) is 1.84. The Bertz CT molecular complexity index is 168. The van der Waals surface area contributed by atoms with Crippen molar-refractivity contribution in [2.45, 2.75) is 13.8 Å². The van der Waals surface area contributed by atoms with E-state index in [2.05, 4.69) is 6.58 Å². The summed E-state index contributed by atoms with van der Waals surface area (Å²) in [6.07, 6.45) is 0. The molecule has 2 heteroatoms. The standard InChI is InChI=1S/C8H14ClN/c1-6(7(2)9)8(3)10(4)5/h2H2,1,3-5H3/b8-6-. The van der Waals surface area contributed by atoms with Gasteiger partial charge in [-0.3, -0.25) is 0 Å². The largest absolute Gasteiger partial charge is 0.381 e. The van der Waals surface area contributed by atoms with Crippen molar-refractivity contribution in [2.75, 3.05) is 14.1 Å². The Kier molecular flexibility index (Phi) is 3.51. The average molecular weight is 160 g/mol. The van der Waals surface area contributed by atoms with E-state index in [1.165, 1.54) is 0 Å². The van der Waals surface area contributed by atoms with E-state index >= 15 is 0 Å². The van der Waals surface area contributed by atoms with Crippen LogP contribution in [0.5, 0.6) is 0 Å². The van der Waals surface area contributed by atoms with Gasteiger partial charge in [0.2, 0.25) is 0 Å². The molecule has 1 nitrogen and oxygen atoms in total. The van der Waals surface area contributed by atoms with Gasteiger partial charge in [0.1, 0.15) is 0 Å². The van der Waals surface area contributed by atoms with Crippen molar-refractivity contribution in [1.82, 2.24) is 4.90 Å². The first-order chi connectivity index (χ1) is 4.46. The number of nitrogens with zero attached hydrogens (tertiary/aromatic N) is 1. The van der Waals surface area contributed by atoms with Gasteiger partial charge in [0.05, 0.1) is 0 Å². The first kappa shape index (κ1) is 9.57. The third kappa shape index (κ3) is 2.44. The van der Waals surface area contributed by atoms with Crippen LogP contribution in [0.4, 0.5) is 0 Å². The van der Waals surface area contributed by atoms with Crippen molar-refractivity contribution in [3.63, 3.8) is 0 Å². The second-order valence-electron chi connectivity index (χ2n) is 2.51. The predicted molar refractivity (Wildman–Crippen MR) is 47.1 cm³/mol. The van der Waals surface area contributed by atoms with Crippen LogP contribution in [0.25, 0.3) is 0 Å². The summed E-state index contributed by atoms with van der Waals surface area (Å²) in [7, 11) is 3.97. The van der Waals surface area contributed by atoms with E-state index < -0.39 is 0 Å². The molecule has 0 aromatic rings. The van der Waals surface area contributed by atoms with Crippen LogP contribution in [0, 0.1) is 0 Å². The highest BCUT2D eigenvalue weighted by atomic mass is 35.5. The summed E-state index contributed by atoms with van der Waals surface area (Å²) < 4.78 is 0. The topological polar surface area (TPSA) is 3.24 Å². The van der Waals surface area contributed by atoms with Crippen LogP contribution >= 0.6 is 11.6 Å². The zero-order chi connectivity index (χ0) is 8.31. The van der Waals surface area contributed by atoms with Crippen molar-refractivity contribution < 1.29 is 0 Å². The highest BCUT2D eigenvalue weighted by Gasteiger charge is 1.99. The van der Waals surface area contributed by atoms with E-state index in [1.54, 1.807) is 0 Å². The molecule has 0 bridgehead atoms. The Labute approximate surface area is 68.0 Å². The lowest BCUT2D eigenvalue weighted by Crippen LogP contribution is -2.09. The first-order valence-electron chi connectivity index (χ1n) is 3.16. The molecule has 0 aromatic carbocycles. The second kappa shape index (κ2) is 3.67. The Balaban J connectivity index is 4.50. The summed E-state index contributed by atoms with van der Waals surface area (Å²) in [6, 6.07) is 0. The van der Waals surface area contributed by atoms with Gasteiger partial charge in [0.25, 0.3) is 0 Å². The second-order valence-corrected chi connectivity index (χ2v) is 2.97. The molecule has 0 radical (unpaired) electrons. The number of hydrogen-bond acceptors (Lipinski definition) is 1. The van der Waals surface area contributed by atoms with Crippen LogP contribution in [0.3, 0.4) is 0 Å². The van der Waals surface area contributed by atoms with Gasteiger partial charge in [0.15, 0.2) is 0 Å². The van der Waals surface area contributed by atoms with Gasteiger partial charge >= 0.3 is 0 Å². The predicted octanol–water partition coefficient (Wildman–Crippen LogP) is 2.59.